The van der Waals surface area contributed by atoms with Gasteiger partial charge in [-0.15, -0.1) is 0 Å². The molecule has 2 aromatic heterocycles. The number of hydrogen-bond donors (Lipinski definition) is 2. The van der Waals surface area contributed by atoms with E-state index in [0.717, 1.165) is 18.5 Å². The molecule has 12 nitrogen and oxygen atoms in total. The summed E-state index contributed by atoms with van der Waals surface area (Å²) in [6.07, 6.45) is 0.421. The molecule has 60 heavy (non-hydrogen) atoms. The molecule has 5 atom stereocenters. The van der Waals surface area contributed by atoms with Crippen LogP contribution in [0.3, 0.4) is 0 Å². The second kappa shape index (κ2) is 15.8. The lowest BCUT2D eigenvalue weighted by Gasteiger charge is -2.42. The van der Waals surface area contributed by atoms with E-state index in [1.807, 2.05) is 30.3 Å². The Labute approximate surface area is 343 Å². The van der Waals surface area contributed by atoms with E-state index < -0.39 is 53.2 Å². The smallest absolute Gasteiger partial charge is 0.407 e. The highest BCUT2D eigenvalue weighted by molar-refractivity contribution is 6.02. The molecule has 1 amide bonds. The zero-order valence-electron chi connectivity index (χ0n) is 33.1. The number of nitrogens with zero attached hydrogens (tertiary/aromatic N) is 5. The van der Waals surface area contributed by atoms with Crippen molar-refractivity contribution in [1.29, 1.82) is 0 Å². The summed E-state index contributed by atoms with van der Waals surface area (Å²) < 4.78 is 81.5. The van der Waals surface area contributed by atoms with Crippen LogP contribution >= 0.6 is 0 Å². The van der Waals surface area contributed by atoms with Crippen LogP contribution in [0.25, 0.3) is 32.9 Å². The van der Waals surface area contributed by atoms with Crippen molar-refractivity contribution < 1.29 is 41.4 Å². The number of halogens is 4. The average molecular weight is 828 g/mol. The van der Waals surface area contributed by atoms with Crippen molar-refractivity contribution in [2.24, 2.45) is 5.73 Å². The fourth-order valence-electron chi connectivity index (χ4n) is 9.58. The fourth-order valence-corrected chi connectivity index (χ4v) is 9.58. The second-order valence-corrected chi connectivity index (χ2v) is 16.8. The molecule has 3 N–H and O–H groups in total. The first kappa shape index (κ1) is 39.8. The minimum atomic E-state index is -1.43. The monoisotopic (exact) mass is 827 g/mol. The number of carbonyl (C=O) groups is 2. The van der Waals surface area contributed by atoms with Crippen LogP contribution < -0.4 is 25.4 Å². The van der Waals surface area contributed by atoms with Crippen LogP contribution in [0.4, 0.5) is 28.2 Å². The molecule has 10 rings (SSSR count). The van der Waals surface area contributed by atoms with Crippen LogP contribution in [-0.4, -0.2) is 101 Å². The van der Waals surface area contributed by atoms with Gasteiger partial charge in [0, 0.05) is 37.7 Å². The molecule has 3 fully saturated rings. The Morgan fingerprint density at radius 1 is 1.07 bits per heavy atom. The topological polar surface area (TPSA) is 145 Å². The number of benzene rings is 3. The third-order valence-corrected chi connectivity index (χ3v) is 12.2. The van der Waals surface area contributed by atoms with Crippen LogP contribution in [0, 0.1) is 11.6 Å². The van der Waals surface area contributed by atoms with E-state index in [4.69, 9.17) is 24.9 Å². The number of rotatable bonds is 7. The Balaban J connectivity index is 1.19. The number of esters is 1. The number of aromatic nitrogens is 3. The number of alkyl carbamates (subject to hydrolysis) is 1. The van der Waals surface area contributed by atoms with Crippen molar-refractivity contribution in [1.82, 2.24) is 25.2 Å². The van der Waals surface area contributed by atoms with Gasteiger partial charge in [-0.1, -0.05) is 36.4 Å². The van der Waals surface area contributed by atoms with Crippen LogP contribution in [0.1, 0.15) is 50.2 Å². The number of anilines is 1. The van der Waals surface area contributed by atoms with Crippen molar-refractivity contribution in [3.05, 3.63) is 83.6 Å². The largest absolute Gasteiger partial charge is 0.461 e. The third-order valence-electron chi connectivity index (χ3n) is 12.2. The van der Waals surface area contributed by atoms with Crippen LogP contribution in [0.15, 0.2) is 60.8 Å². The maximum Gasteiger partial charge on any atom is 0.407 e. The van der Waals surface area contributed by atoms with Crippen molar-refractivity contribution in [2.75, 3.05) is 44.3 Å². The molecule has 3 saturated heterocycles. The highest BCUT2D eigenvalue weighted by Crippen LogP contribution is 2.43. The molecule has 0 unspecified atom stereocenters. The highest BCUT2D eigenvalue weighted by Gasteiger charge is 2.49. The zero-order valence-corrected chi connectivity index (χ0v) is 33.1. The van der Waals surface area contributed by atoms with Gasteiger partial charge in [-0.25, -0.2) is 27.2 Å². The SMILES string of the molecule is C[C@@]12C[C@@H](F)CN(C1)c1nc(OC[C@@]34CCCN3C[C@H](F)C4)nc3c(F)c(ncc13)-c1cc(OC(=O)[C@@H](N)Cc3ccccc3)cc3ccc(F)c(c13)CCCOC(=O)N2. The molecule has 5 aliphatic rings. The lowest BCUT2D eigenvalue weighted by molar-refractivity contribution is -0.135. The third kappa shape index (κ3) is 7.66. The predicted molar refractivity (Wildman–Crippen MR) is 215 cm³/mol. The lowest BCUT2D eigenvalue weighted by atomic mass is 9.90. The maximum atomic E-state index is 17.6. The maximum absolute atomic E-state index is 17.6. The standard InChI is InChI=1S/C44H45F4N7O5/c1-43-18-27(45)21-54(23-43)39-32-20-50-37(36(48)38(32)51-41(52-39)59-24-44-12-6-13-55(44)22-28(46)19-44)31-17-29(60-40(56)34(49)15-25-7-3-2-4-8-25)16-26-10-11-33(47)30(35(26)31)9-5-14-58-42(57)53-43/h2-4,7-8,10-11,16-17,20,27-28,34H,5-6,9,12-15,18-19,21-24,49H2,1H3,(H,53,57)/t27-,28-,34+,43-,44+/m1/s1. The molecule has 7 heterocycles. The molecule has 5 aromatic rings. The van der Waals surface area contributed by atoms with Crippen LogP contribution in [0.5, 0.6) is 11.8 Å². The van der Waals surface area contributed by atoms with Crippen molar-refractivity contribution in [2.45, 2.75) is 81.3 Å². The van der Waals surface area contributed by atoms with Gasteiger partial charge in [0.2, 0.25) is 0 Å². The number of amides is 1. The number of nitrogens with two attached hydrogens (primary N) is 1. The summed E-state index contributed by atoms with van der Waals surface area (Å²) in [4.78, 5) is 44.0. The molecule has 5 aliphatic heterocycles. The van der Waals surface area contributed by atoms with Crippen molar-refractivity contribution >= 4 is 39.6 Å². The number of alkyl halides is 2. The van der Waals surface area contributed by atoms with Gasteiger partial charge in [-0.05, 0) is 85.7 Å². The summed E-state index contributed by atoms with van der Waals surface area (Å²) in [6.45, 7) is 2.57. The molecule has 0 spiro atoms. The van der Waals surface area contributed by atoms with Gasteiger partial charge < -0.3 is 30.2 Å². The first-order valence-corrected chi connectivity index (χ1v) is 20.4. The van der Waals surface area contributed by atoms with Gasteiger partial charge in [0.1, 0.15) is 53.6 Å². The summed E-state index contributed by atoms with van der Waals surface area (Å²) in [5, 5.41) is 3.65. The average Bonchev–Trinajstić information content (AvgIpc) is 3.74. The summed E-state index contributed by atoms with van der Waals surface area (Å²) in [6, 6.07) is 13.7. The number of fused-ring (bicyclic) bond motifs is 7. The number of nitrogens with one attached hydrogen (secondary N) is 1. The first-order valence-electron chi connectivity index (χ1n) is 20.4. The van der Waals surface area contributed by atoms with Crippen molar-refractivity contribution in [3.63, 3.8) is 0 Å². The van der Waals surface area contributed by atoms with Gasteiger partial charge in [-0.3, -0.25) is 9.88 Å². The molecule has 6 bridgehead atoms. The van der Waals surface area contributed by atoms with Gasteiger partial charge in [-0.2, -0.15) is 9.97 Å². The minimum Gasteiger partial charge on any atom is -0.461 e. The molecule has 0 aliphatic carbocycles. The van der Waals surface area contributed by atoms with Crippen LogP contribution in [0.2, 0.25) is 0 Å². The van der Waals surface area contributed by atoms with E-state index in [-0.39, 0.29) is 104 Å². The number of piperidine rings is 1. The quantitative estimate of drug-likeness (QED) is 0.105. The second-order valence-electron chi connectivity index (χ2n) is 16.8. The van der Waals surface area contributed by atoms with Gasteiger partial charge in [0.05, 0.1) is 29.6 Å². The van der Waals surface area contributed by atoms with E-state index in [2.05, 4.69) is 20.2 Å². The molecule has 0 saturated carbocycles. The molecule has 16 heteroatoms. The highest BCUT2D eigenvalue weighted by atomic mass is 19.1. The number of aryl methyl sites for hydroxylation is 1. The van der Waals surface area contributed by atoms with Gasteiger partial charge >= 0.3 is 18.1 Å². The van der Waals surface area contributed by atoms with E-state index in [1.54, 1.807) is 17.9 Å². The molecule has 0 radical (unpaired) electrons. The van der Waals surface area contributed by atoms with Crippen LogP contribution in [-0.2, 0) is 22.4 Å². The summed E-state index contributed by atoms with van der Waals surface area (Å²) in [7, 11) is 0. The normalized spacial score (nSPS) is 24.9. The molecule has 3 aromatic carbocycles. The fraction of sp³-hybridized carbons (Fsp3) is 0.432. The van der Waals surface area contributed by atoms with E-state index in [1.165, 1.54) is 24.4 Å². The molecule has 314 valence electrons. The van der Waals surface area contributed by atoms with Gasteiger partial charge in [0.25, 0.3) is 0 Å². The predicted octanol–water partition coefficient (Wildman–Crippen LogP) is 6.53. The van der Waals surface area contributed by atoms with Crippen molar-refractivity contribution in [3.8, 4) is 23.0 Å². The molecular weight excluding hydrogens is 783 g/mol. The zero-order chi connectivity index (χ0) is 41.8. The molecular formula is C44H45F4N7O5. The Hall–Kier alpha value is -5.61. The minimum absolute atomic E-state index is 0.0212. The lowest BCUT2D eigenvalue weighted by Crippen LogP contribution is -2.60. The Bertz CT molecular complexity index is 2480. The number of pyridine rings is 1. The number of carbonyl (C=O) groups excluding carboxylic acids is 2. The van der Waals surface area contributed by atoms with E-state index >= 15 is 13.2 Å². The Kier molecular flexibility index (Phi) is 10.5. The number of ether oxygens (including phenoxy) is 3. The Morgan fingerprint density at radius 3 is 2.72 bits per heavy atom. The number of hydrogen-bond acceptors (Lipinski definition) is 11. The van der Waals surface area contributed by atoms with E-state index in [0.29, 0.717) is 23.7 Å². The summed E-state index contributed by atoms with van der Waals surface area (Å²) in [5.74, 6) is -2.10. The summed E-state index contributed by atoms with van der Waals surface area (Å²) >= 11 is 0. The Morgan fingerprint density at radius 2 is 1.88 bits per heavy atom. The first-order chi connectivity index (χ1) is 28.9. The van der Waals surface area contributed by atoms with E-state index in [9.17, 15) is 14.0 Å². The van der Waals surface area contributed by atoms with Gasteiger partial charge in [0.15, 0.2) is 5.82 Å². The summed E-state index contributed by atoms with van der Waals surface area (Å²) in [5.41, 5.74) is 5.24.